The van der Waals surface area contributed by atoms with Crippen molar-refractivity contribution >= 4 is 68.4 Å². The van der Waals surface area contributed by atoms with Crippen LogP contribution in [0.3, 0.4) is 0 Å². The maximum atomic E-state index is 7.65. The molecule has 0 atom stereocenters. The predicted octanol–water partition coefficient (Wildman–Crippen LogP) is 15.5. The normalized spacial score (nSPS) is 21.1. The Bertz CT molecular complexity index is 3070. The quantitative estimate of drug-likeness (QED) is 0.161. The first kappa shape index (κ1) is 43.8. The molecule has 0 N–H and O–H groups in total. The SMILES string of the molecule is Cc1cc2c3c(c1)N(c1ccc4c(c1)C(C)(C)CCC4(C)C)c1c(oc4cc5c(cc14)C(C)(C)CCC5(C)C)B3c1cc(C(C)(C)C)ccc1N2c1cc2c(cc1C)C(C)(C)CCC2(C)C. The number of anilines is 6. The fourth-order valence-electron chi connectivity index (χ4n) is 13.3. The second kappa shape index (κ2) is 13.5. The molecule has 0 fully saturated rings. The van der Waals surface area contributed by atoms with Gasteiger partial charge in [-0.05, 0) is 200 Å². The van der Waals surface area contributed by atoms with Crippen molar-refractivity contribution in [2.75, 3.05) is 9.80 Å². The molecular weight excluding hydrogens is 800 g/mol. The van der Waals surface area contributed by atoms with Crippen molar-refractivity contribution in [3.05, 3.63) is 123 Å². The van der Waals surface area contributed by atoms with E-state index in [0.717, 1.165) is 11.2 Å². The summed E-state index contributed by atoms with van der Waals surface area (Å²) in [5, 5.41) is 1.23. The maximum absolute atomic E-state index is 7.65. The smallest absolute Gasteiger partial charge is 0.297 e. The topological polar surface area (TPSA) is 19.6 Å². The minimum atomic E-state index is -0.0952. The van der Waals surface area contributed by atoms with Gasteiger partial charge in [0.1, 0.15) is 5.58 Å². The van der Waals surface area contributed by atoms with Gasteiger partial charge in [0, 0.05) is 33.8 Å². The third-order valence-electron chi connectivity index (χ3n) is 18.1. The monoisotopic (exact) mass is 875 g/mol. The molecule has 2 aliphatic heterocycles. The van der Waals surface area contributed by atoms with E-state index >= 15 is 0 Å². The summed E-state index contributed by atoms with van der Waals surface area (Å²) in [4.78, 5) is 5.31. The number of fused-ring (bicyclic) bond motifs is 9. The highest BCUT2D eigenvalue weighted by Crippen LogP contribution is 2.55. The van der Waals surface area contributed by atoms with Gasteiger partial charge >= 0.3 is 0 Å². The zero-order valence-corrected chi connectivity index (χ0v) is 43.6. The van der Waals surface area contributed by atoms with Crippen molar-refractivity contribution in [3.63, 3.8) is 0 Å². The third kappa shape index (κ3) is 6.20. The van der Waals surface area contributed by atoms with Crippen molar-refractivity contribution < 1.29 is 4.42 Å². The number of benzene rings is 5. The van der Waals surface area contributed by atoms with Gasteiger partial charge in [-0.3, -0.25) is 0 Å². The van der Waals surface area contributed by atoms with E-state index in [2.05, 4.69) is 200 Å². The Balaban J connectivity index is 1.27. The molecule has 5 aliphatic rings. The Morgan fingerprint density at radius 3 is 1.56 bits per heavy atom. The van der Waals surface area contributed by atoms with Crippen LogP contribution >= 0.6 is 0 Å². The molecule has 342 valence electrons. The molecule has 0 unspecified atom stereocenters. The van der Waals surface area contributed by atoms with Gasteiger partial charge < -0.3 is 14.2 Å². The lowest BCUT2D eigenvalue weighted by Crippen LogP contribution is -2.61. The summed E-state index contributed by atoms with van der Waals surface area (Å²) >= 11 is 0. The summed E-state index contributed by atoms with van der Waals surface area (Å²) in [5.74, 6) is 0. The van der Waals surface area contributed by atoms with Gasteiger partial charge in [-0.1, -0.05) is 128 Å². The zero-order chi connectivity index (χ0) is 47.2. The Morgan fingerprint density at radius 1 is 0.485 bits per heavy atom. The second-order valence-corrected chi connectivity index (χ2v) is 26.8. The van der Waals surface area contributed by atoms with Crippen LogP contribution in [0.4, 0.5) is 34.1 Å². The summed E-state index contributed by atoms with van der Waals surface area (Å²) in [7, 11) is 0. The minimum absolute atomic E-state index is 0.0368. The highest BCUT2D eigenvalue weighted by atomic mass is 16.3. The van der Waals surface area contributed by atoms with Crippen LogP contribution in [0.1, 0.15) is 192 Å². The fourth-order valence-corrected chi connectivity index (χ4v) is 13.3. The molecule has 0 spiro atoms. The molecule has 0 saturated heterocycles. The number of hydrogen-bond acceptors (Lipinski definition) is 3. The molecular formula is C62H75BN2O. The van der Waals surface area contributed by atoms with Crippen molar-refractivity contribution in [3.8, 4) is 0 Å². The lowest BCUT2D eigenvalue weighted by molar-refractivity contribution is 0.332. The van der Waals surface area contributed by atoms with E-state index in [4.69, 9.17) is 4.42 Å². The number of hydrogen-bond donors (Lipinski definition) is 0. The third-order valence-corrected chi connectivity index (χ3v) is 18.1. The van der Waals surface area contributed by atoms with Gasteiger partial charge in [0.25, 0.3) is 6.71 Å². The van der Waals surface area contributed by atoms with Crippen LogP contribution < -0.4 is 26.4 Å². The van der Waals surface area contributed by atoms with E-state index in [9.17, 15) is 0 Å². The maximum Gasteiger partial charge on any atom is 0.297 e. The van der Waals surface area contributed by atoms with Gasteiger partial charge in [0.2, 0.25) is 0 Å². The van der Waals surface area contributed by atoms with Gasteiger partial charge in [-0.25, -0.2) is 0 Å². The van der Waals surface area contributed by atoms with E-state index < -0.39 is 0 Å². The van der Waals surface area contributed by atoms with Crippen LogP contribution in [0, 0.1) is 13.8 Å². The van der Waals surface area contributed by atoms with Crippen molar-refractivity contribution in [1.82, 2.24) is 0 Å². The van der Waals surface area contributed by atoms with Gasteiger partial charge in [0.05, 0.1) is 11.3 Å². The lowest BCUT2D eigenvalue weighted by atomic mass is 9.35. The van der Waals surface area contributed by atoms with E-state index in [-0.39, 0.29) is 44.6 Å². The molecule has 0 saturated carbocycles. The van der Waals surface area contributed by atoms with E-state index in [0.29, 0.717) is 0 Å². The largest absolute Gasteiger partial charge is 0.468 e. The molecule has 3 nitrogen and oxygen atoms in total. The van der Waals surface area contributed by atoms with Gasteiger partial charge in [-0.15, -0.1) is 0 Å². The highest BCUT2D eigenvalue weighted by Gasteiger charge is 2.49. The summed E-state index contributed by atoms with van der Waals surface area (Å²) in [6, 6.07) is 30.0. The molecule has 3 aliphatic carbocycles. The molecule has 3 heterocycles. The molecule has 6 aromatic rings. The molecule has 0 radical (unpaired) electrons. The summed E-state index contributed by atoms with van der Waals surface area (Å²) in [6.45, 7) is 41.1. The average Bonchev–Trinajstić information content (AvgIpc) is 3.60. The Kier molecular flexibility index (Phi) is 8.97. The first-order chi connectivity index (χ1) is 30.6. The Labute approximate surface area is 397 Å². The minimum Gasteiger partial charge on any atom is -0.468 e. The molecule has 4 heteroatoms. The van der Waals surface area contributed by atoms with E-state index in [1.165, 1.54) is 139 Å². The fraction of sp³-hybridized carbons (Fsp3) is 0.484. The first-order valence-electron chi connectivity index (χ1n) is 25.4. The number of aryl methyl sites for hydroxylation is 2. The second-order valence-electron chi connectivity index (χ2n) is 26.8. The van der Waals surface area contributed by atoms with Gasteiger partial charge in [-0.2, -0.15) is 0 Å². The molecule has 11 rings (SSSR count). The highest BCUT2D eigenvalue weighted by molar-refractivity contribution is 7.00. The summed E-state index contributed by atoms with van der Waals surface area (Å²) in [5.41, 5.74) is 25.5. The first-order valence-corrected chi connectivity index (χ1v) is 25.4. The molecule has 1 aromatic heterocycles. The number of rotatable bonds is 2. The van der Waals surface area contributed by atoms with Crippen molar-refractivity contribution in [2.45, 2.75) is 194 Å². The van der Waals surface area contributed by atoms with Crippen LogP contribution in [0.5, 0.6) is 0 Å². The van der Waals surface area contributed by atoms with Gasteiger partial charge in [0.15, 0.2) is 0 Å². The van der Waals surface area contributed by atoms with Crippen LogP contribution in [-0.2, 0) is 37.9 Å². The molecule has 0 bridgehead atoms. The van der Waals surface area contributed by atoms with Crippen LogP contribution in [0.15, 0.2) is 77.2 Å². The predicted molar refractivity (Wildman–Crippen MR) is 284 cm³/mol. The summed E-state index contributed by atoms with van der Waals surface area (Å²) < 4.78 is 7.65. The van der Waals surface area contributed by atoms with E-state index in [1.54, 1.807) is 0 Å². The average molecular weight is 875 g/mol. The number of nitrogens with zero attached hydrogens (tertiary/aromatic N) is 2. The van der Waals surface area contributed by atoms with Crippen LogP contribution in [0.2, 0.25) is 0 Å². The Morgan fingerprint density at radius 2 is 0.985 bits per heavy atom. The van der Waals surface area contributed by atoms with Crippen LogP contribution in [0.25, 0.3) is 11.0 Å². The Hall–Kier alpha value is -4.70. The standard InChI is InChI=1S/C62H75BN2O/c1-36-28-50-53-51(29-36)65(49-34-45-42(30-37(49)2)58(8,9)24-26-61(45,14)15)48-21-18-38(56(3,4)5)31-47(48)63(53)55-54(40-33-44-46(35-52(40)66-55)62(16,17)27-25-60(44,12)13)64(50)39-19-20-41-43(32-39)59(10,11)23-22-57(41,6)7/h18-21,28-35H,22-27H2,1-17H3. The molecule has 5 aromatic carbocycles. The van der Waals surface area contributed by atoms with Crippen molar-refractivity contribution in [2.24, 2.45) is 0 Å². The van der Waals surface area contributed by atoms with E-state index in [1.807, 2.05) is 0 Å². The molecule has 66 heavy (non-hydrogen) atoms. The van der Waals surface area contributed by atoms with Crippen molar-refractivity contribution in [1.29, 1.82) is 0 Å². The van der Waals surface area contributed by atoms with Crippen LogP contribution in [-0.4, -0.2) is 6.71 Å². The lowest BCUT2D eigenvalue weighted by Gasteiger charge is -2.46. The molecule has 0 amide bonds. The summed E-state index contributed by atoms with van der Waals surface area (Å²) in [6.07, 6.45) is 7.08. The zero-order valence-electron chi connectivity index (χ0n) is 43.6. The number of furan rings is 1.